The molecule has 0 saturated heterocycles. The fourth-order valence-corrected chi connectivity index (χ4v) is 2.87. The van der Waals surface area contributed by atoms with Crippen molar-refractivity contribution in [3.05, 3.63) is 35.7 Å². The van der Waals surface area contributed by atoms with Gasteiger partial charge in [0.05, 0.1) is 12.4 Å². The molecule has 0 aliphatic carbocycles. The van der Waals surface area contributed by atoms with E-state index in [0.717, 1.165) is 23.3 Å². The van der Waals surface area contributed by atoms with Crippen LogP contribution >= 0.6 is 23.3 Å². The van der Waals surface area contributed by atoms with Crippen LogP contribution in [0.2, 0.25) is 0 Å². The first kappa shape index (κ1) is 14.3. The Morgan fingerprint density at radius 3 is 2.84 bits per heavy atom. The summed E-state index contributed by atoms with van der Waals surface area (Å²) in [5, 5.41) is 4.04. The lowest BCUT2D eigenvalue weighted by molar-refractivity contribution is 0.211. The second-order valence-electron chi connectivity index (χ2n) is 4.04. The highest BCUT2D eigenvalue weighted by Crippen LogP contribution is 2.23. The molecule has 1 aromatic carbocycles. The normalized spacial score (nSPS) is 10.6. The molecule has 0 aliphatic rings. The highest BCUT2D eigenvalue weighted by molar-refractivity contribution is 7.98. The first-order chi connectivity index (χ1) is 9.28. The molecule has 0 spiro atoms. The van der Waals surface area contributed by atoms with E-state index in [1.807, 2.05) is 0 Å². The number of ether oxygens (including phenoxy) is 1. The highest BCUT2D eigenvalue weighted by atomic mass is 32.2. The van der Waals surface area contributed by atoms with Gasteiger partial charge in [0, 0.05) is 30.1 Å². The van der Waals surface area contributed by atoms with Gasteiger partial charge in [-0.05, 0) is 19.1 Å². The maximum absolute atomic E-state index is 4.98. The second kappa shape index (κ2) is 7.47. The summed E-state index contributed by atoms with van der Waals surface area (Å²) in [7, 11) is 1.69. The van der Waals surface area contributed by atoms with Crippen molar-refractivity contribution >= 4 is 28.4 Å². The van der Waals surface area contributed by atoms with Gasteiger partial charge in [0.2, 0.25) is 5.13 Å². The van der Waals surface area contributed by atoms with E-state index in [9.17, 15) is 0 Å². The van der Waals surface area contributed by atoms with Gasteiger partial charge < -0.3 is 10.1 Å². The minimum Gasteiger partial charge on any atom is -0.383 e. The zero-order valence-corrected chi connectivity index (χ0v) is 12.7. The van der Waals surface area contributed by atoms with Gasteiger partial charge in [-0.15, -0.1) is 11.8 Å². The summed E-state index contributed by atoms with van der Waals surface area (Å²) in [6, 6.07) is 8.50. The predicted molar refractivity (Wildman–Crippen MR) is 81.0 cm³/mol. The Morgan fingerprint density at radius 2 is 2.11 bits per heavy atom. The maximum Gasteiger partial charge on any atom is 0.202 e. The molecule has 2 aromatic rings. The van der Waals surface area contributed by atoms with Crippen molar-refractivity contribution in [3.8, 4) is 0 Å². The summed E-state index contributed by atoms with van der Waals surface area (Å²) >= 11 is 3.15. The van der Waals surface area contributed by atoms with Crippen LogP contribution in [0.15, 0.2) is 29.2 Å². The fourth-order valence-electron chi connectivity index (χ4n) is 1.43. The number of thioether (sulfide) groups is 1. The lowest BCUT2D eigenvalue weighted by atomic mass is 10.2. The average molecular weight is 295 g/mol. The van der Waals surface area contributed by atoms with Crippen LogP contribution in [0.25, 0.3) is 0 Å². The molecule has 0 atom stereocenters. The zero-order chi connectivity index (χ0) is 13.5. The quantitative estimate of drug-likeness (QED) is 0.628. The first-order valence-electron chi connectivity index (χ1n) is 6.03. The van der Waals surface area contributed by atoms with E-state index in [4.69, 9.17) is 4.74 Å². The van der Waals surface area contributed by atoms with Crippen LogP contribution in [0, 0.1) is 6.92 Å². The Morgan fingerprint density at radius 1 is 1.32 bits per heavy atom. The number of benzene rings is 1. The van der Waals surface area contributed by atoms with Crippen LogP contribution in [0.3, 0.4) is 0 Å². The van der Waals surface area contributed by atoms with Crippen LogP contribution < -0.4 is 5.32 Å². The van der Waals surface area contributed by atoms with Crippen molar-refractivity contribution in [2.24, 2.45) is 0 Å². The summed E-state index contributed by atoms with van der Waals surface area (Å²) in [4.78, 5) is 5.68. The summed E-state index contributed by atoms with van der Waals surface area (Å²) in [5.41, 5.74) is 1.28. The van der Waals surface area contributed by atoms with E-state index in [0.29, 0.717) is 6.61 Å². The standard InChI is InChI=1S/C13H17N3OS2/c1-10-3-5-11(6-4-10)18-9-12-15-13(19-16-12)14-7-8-17-2/h3-6H,7-9H2,1-2H3,(H,14,15,16). The summed E-state index contributed by atoms with van der Waals surface area (Å²) in [5.74, 6) is 1.67. The smallest absolute Gasteiger partial charge is 0.202 e. The van der Waals surface area contributed by atoms with Crippen molar-refractivity contribution < 1.29 is 4.74 Å². The minimum atomic E-state index is 0.674. The molecule has 0 amide bonds. The van der Waals surface area contributed by atoms with Gasteiger partial charge in [0.1, 0.15) is 0 Å². The average Bonchev–Trinajstić information content (AvgIpc) is 2.86. The number of nitrogens with one attached hydrogen (secondary N) is 1. The van der Waals surface area contributed by atoms with Gasteiger partial charge in [-0.25, -0.2) is 4.98 Å². The third-order valence-corrected chi connectivity index (χ3v) is 4.16. The van der Waals surface area contributed by atoms with E-state index in [1.165, 1.54) is 22.0 Å². The molecule has 102 valence electrons. The second-order valence-corrected chi connectivity index (χ2v) is 5.84. The zero-order valence-electron chi connectivity index (χ0n) is 11.0. The SMILES string of the molecule is COCCNc1nc(CSc2ccc(C)cc2)ns1. The largest absolute Gasteiger partial charge is 0.383 e. The number of aryl methyl sites for hydroxylation is 1. The van der Waals surface area contributed by atoms with Gasteiger partial charge in [0.15, 0.2) is 5.82 Å². The minimum absolute atomic E-state index is 0.674. The summed E-state index contributed by atoms with van der Waals surface area (Å²) < 4.78 is 9.31. The van der Waals surface area contributed by atoms with E-state index in [2.05, 4.69) is 45.9 Å². The fraction of sp³-hybridized carbons (Fsp3) is 0.385. The lowest BCUT2D eigenvalue weighted by Crippen LogP contribution is -2.07. The molecule has 1 heterocycles. The first-order valence-corrected chi connectivity index (χ1v) is 7.78. The molecule has 0 unspecified atom stereocenters. The highest BCUT2D eigenvalue weighted by Gasteiger charge is 2.04. The van der Waals surface area contributed by atoms with Crippen LogP contribution in [-0.4, -0.2) is 29.6 Å². The Kier molecular flexibility index (Phi) is 5.62. The molecule has 4 nitrogen and oxygen atoms in total. The number of nitrogens with zero attached hydrogens (tertiary/aromatic N) is 2. The molecular formula is C13H17N3OS2. The van der Waals surface area contributed by atoms with Crippen molar-refractivity contribution in [1.29, 1.82) is 0 Å². The molecule has 1 N–H and O–H groups in total. The van der Waals surface area contributed by atoms with Crippen LogP contribution in [0.1, 0.15) is 11.4 Å². The lowest BCUT2D eigenvalue weighted by Gasteiger charge is -2.00. The van der Waals surface area contributed by atoms with Crippen LogP contribution in [0.4, 0.5) is 5.13 Å². The van der Waals surface area contributed by atoms with Gasteiger partial charge in [-0.1, -0.05) is 17.7 Å². The summed E-state index contributed by atoms with van der Waals surface area (Å²) in [6.45, 7) is 3.53. The summed E-state index contributed by atoms with van der Waals surface area (Å²) in [6.07, 6.45) is 0. The molecule has 2 rings (SSSR count). The molecule has 0 saturated carbocycles. The Labute approximate surface area is 121 Å². The van der Waals surface area contributed by atoms with E-state index in [-0.39, 0.29) is 0 Å². The molecule has 19 heavy (non-hydrogen) atoms. The van der Waals surface area contributed by atoms with E-state index in [1.54, 1.807) is 18.9 Å². The van der Waals surface area contributed by atoms with Gasteiger partial charge in [-0.3, -0.25) is 0 Å². The number of anilines is 1. The Hall–Kier alpha value is -1.11. The molecule has 0 radical (unpaired) electrons. The number of hydrogen-bond donors (Lipinski definition) is 1. The van der Waals surface area contributed by atoms with E-state index < -0.39 is 0 Å². The number of aromatic nitrogens is 2. The molecule has 0 bridgehead atoms. The maximum atomic E-state index is 4.98. The van der Waals surface area contributed by atoms with Crippen molar-refractivity contribution in [2.75, 3.05) is 25.6 Å². The van der Waals surface area contributed by atoms with Crippen molar-refractivity contribution in [1.82, 2.24) is 9.36 Å². The monoisotopic (exact) mass is 295 g/mol. The molecular weight excluding hydrogens is 278 g/mol. The topological polar surface area (TPSA) is 47.0 Å². The number of hydrogen-bond acceptors (Lipinski definition) is 6. The number of rotatable bonds is 7. The molecule has 6 heteroatoms. The van der Waals surface area contributed by atoms with Crippen molar-refractivity contribution in [2.45, 2.75) is 17.6 Å². The Bertz CT molecular complexity index is 499. The molecule has 0 fully saturated rings. The predicted octanol–water partition coefficient (Wildman–Crippen LogP) is 3.20. The van der Waals surface area contributed by atoms with Crippen molar-refractivity contribution in [3.63, 3.8) is 0 Å². The van der Waals surface area contributed by atoms with Crippen LogP contribution in [-0.2, 0) is 10.5 Å². The van der Waals surface area contributed by atoms with Gasteiger partial charge in [-0.2, -0.15) is 4.37 Å². The third kappa shape index (κ3) is 4.81. The Balaban J connectivity index is 1.81. The molecule has 1 aromatic heterocycles. The molecule has 0 aliphatic heterocycles. The van der Waals surface area contributed by atoms with E-state index >= 15 is 0 Å². The van der Waals surface area contributed by atoms with Gasteiger partial charge >= 0.3 is 0 Å². The third-order valence-electron chi connectivity index (χ3n) is 2.44. The van der Waals surface area contributed by atoms with Crippen LogP contribution in [0.5, 0.6) is 0 Å². The number of methoxy groups -OCH3 is 1. The van der Waals surface area contributed by atoms with Gasteiger partial charge in [0.25, 0.3) is 0 Å².